The largest absolute Gasteiger partial charge is 0.475 e. The lowest BCUT2D eigenvalue weighted by Crippen LogP contribution is -2.38. The molecule has 168 valence electrons. The Hall–Kier alpha value is -4.34. The number of nitrogens with zero attached hydrogens (tertiary/aromatic N) is 4. The normalized spacial score (nSPS) is 11.7. The molecule has 0 aliphatic heterocycles. The second kappa shape index (κ2) is 9.86. The monoisotopic (exact) mass is 449 g/mol. The number of hydrogen-bond acceptors (Lipinski definition) is 7. The Labute approximate surface area is 187 Å². The number of halogens is 1. The van der Waals surface area contributed by atoms with E-state index in [4.69, 9.17) is 9.15 Å². The van der Waals surface area contributed by atoms with Gasteiger partial charge in [0.25, 0.3) is 5.56 Å². The maximum atomic E-state index is 13.2. The van der Waals surface area contributed by atoms with Gasteiger partial charge in [0.2, 0.25) is 11.8 Å². The highest BCUT2D eigenvalue weighted by Crippen LogP contribution is 2.18. The van der Waals surface area contributed by atoms with E-state index < -0.39 is 17.5 Å². The van der Waals surface area contributed by atoms with Gasteiger partial charge in [-0.2, -0.15) is 5.10 Å². The minimum absolute atomic E-state index is 0.158. The first-order valence-electron chi connectivity index (χ1n) is 10.2. The first kappa shape index (κ1) is 21.9. The summed E-state index contributed by atoms with van der Waals surface area (Å²) in [6.45, 7) is 1.92. The molecule has 0 saturated heterocycles. The van der Waals surface area contributed by atoms with E-state index in [1.54, 1.807) is 49.6 Å². The number of carbonyl (C=O) groups excluding carboxylic acids is 1. The number of carbonyl (C=O) groups is 1. The van der Waals surface area contributed by atoms with Crippen LogP contribution in [0.3, 0.4) is 0 Å². The molecule has 0 bridgehead atoms. The Bertz CT molecular complexity index is 1270. The lowest BCUT2D eigenvalue weighted by Gasteiger charge is -2.15. The predicted molar refractivity (Wildman–Crippen MR) is 117 cm³/mol. The summed E-state index contributed by atoms with van der Waals surface area (Å²) < 4.78 is 25.0. The van der Waals surface area contributed by atoms with Gasteiger partial charge in [0.05, 0.1) is 18.5 Å². The molecule has 3 heterocycles. The van der Waals surface area contributed by atoms with Crippen LogP contribution in [0.4, 0.5) is 4.39 Å². The second-order valence-corrected chi connectivity index (χ2v) is 7.06. The van der Waals surface area contributed by atoms with E-state index in [-0.39, 0.29) is 19.0 Å². The van der Waals surface area contributed by atoms with E-state index in [1.807, 2.05) is 0 Å². The topological polar surface area (TPSA) is 112 Å². The molecule has 3 aromatic heterocycles. The maximum absolute atomic E-state index is 13.2. The van der Waals surface area contributed by atoms with E-state index >= 15 is 0 Å². The highest BCUT2D eigenvalue weighted by Gasteiger charge is 2.18. The zero-order valence-electron chi connectivity index (χ0n) is 17.6. The quantitative estimate of drug-likeness (QED) is 0.412. The van der Waals surface area contributed by atoms with Crippen LogP contribution in [0, 0.1) is 5.82 Å². The van der Waals surface area contributed by atoms with Crippen LogP contribution in [0.2, 0.25) is 0 Å². The number of nitrogens with one attached hydrogen (secondary N) is 1. The molecule has 0 radical (unpaired) electrons. The third-order valence-electron chi connectivity index (χ3n) is 4.78. The zero-order valence-corrected chi connectivity index (χ0v) is 17.6. The van der Waals surface area contributed by atoms with Crippen molar-refractivity contribution in [1.82, 2.24) is 25.3 Å². The summed E-state index contributed by atoms with van der Waals surface area (Å²) in [6, 6.07) is 14.6. The van der Waals surface area contributed by atoms with E-state index in [1.165, 1.54) is 24.3 Å². The summed E-state index contributed by atoms with van der Waals surface area (Å²) in [6.07, 6.45) is 1.55. The highest BCUT2D eigenvalue weighted by atomic mass is 19.1. The van der Waals surface area contributed by atoms with Crippen LogP contribution < -0.4 is 15.6 Å². The molecule has 0 fully saturated rings. The van der Waals surface area contributed by atoms with Gasteiger partial charge in [-0.1, -0.05) is 0 Å². The molecule has 1 amide bonds. The van der Waals surface area contributed by atoms with Crippen LogP contribution in [0.25, 0.3) is 22.7 Å². The van der Waals surface area contributed by atoms with Crippen molar-refractivity contribution in [3.05, 3.63) is 83.1 Å². The molecule has 4 aromatic rings. The van der Waals surface area contributed by atoms with Crippen LogP contribution in [-0.4, -0.2) is 39.0 Å². The standard InChI is InChI=1S/C23H20FN5O4/c1-15(29-22(30)11-9-18(28-29)16-4-6-17(24)7-5-16)23(31)25-12-14-33-21-10-8-19(26-27-21)20-3-2-13-32-20/h2-11,13,15H,12,14H2,1H3,(H,25,31). The molecule has 33 heavy (non-hydrogen) atoms. The number of aromatic nitrogens is 4. The molecule has 1 N–H and O–H groups in total. The van der Waals surface area contributed by atoms with Gasteiger partial charge < -0.3 is 14.5 Å². The summed E-state index contributed by atoms with van der Waals surface area (Å²) in [5, 5.41) is 15.0. The average Bonchev–Trinajstić information content (AvgIpc) is 3.38. The minimum atomic E-state index is -0.856. The predicted octanol–water partition coefficient (Wildman–Crippen LogP) is 2.86. The summed E-state index contributed by atoms with van der Waals surface area (Å²) >= 11 is 0. The third kappa shape index (κ3) is 5.29. The van der Waals surface area contributed by atoms with Crippen molar-refractivity contribution in [1.29, 1.82) is 0 Å². The molecule has 10 heteroatoms. The Morgan fingerprint density at radius 1 is 1.09 bits per heavy atom. The van der Waals surface area contributed by atoms with Crippen LogP contribution in [-0.2, 0) is 4.79 Å². The lowest BCUT2D eigenvalue weighted by molar-refractivity contribution is -0.124. The van der Waals surface area contributed by atoms with Gasteiger partial charge in [0, 0.05) is 17.7 Å². The van der Waals surface area contributed by atoms with Crippen molar-refractivity contribution in [3.63, 3.8) is 0 Å². The first-order valence-corrected chi connectivity index (χ1v) is 10.2. The number of benzene rings is 1. The van der Waals surface area contributed by atoms with Gasteiger partial charge in [-0.05, 0) is 55.5 Å². The fourth-order valence-electron chi connectivity index (χ4n) is 3.02. The minimum Gasteiger partial charge on any atom is -0.475 e. The second-order valence-electron chi connectivity index (χ2n) is 7.06. The SMILES string of the molecule is CC(C(=O)NCCOc1ccc(-c2ccco2)nn1)n1nc(-c2ccc(F)cc2)ccc1=O. The van der Waals surface area contributed by atoms with Gasteiger partial charge >= 0.3 is 0 Å². The highest BCUT2D eigenvalue weighted by molar-refractivity contribution is 5.79. The molecule has 0 saturated carbocycles. The molecule has 9 nitrogen and oxygen atoms in total. The van der Waals surface area contributed by atoms with Gasteiger partial charge in [0.1, 0.15) is 24.2 Å². The van der Waals surface area contributed by atoms with Gasteiger partial charge in [-0.15, -0.1) is 10.2 Å². The molecule has 1 aromatic carbocycles. The Kier molecular flexibility index (Phi) is 6.53. The van der Waals surface area contributed by atoms with E-state index in [9.17, 15) is 14.0 Å². The van der Waals surface area contributed by atoms with Gasteiger partial charge in [-0.3, -0.25) is 9.59 Å². The van der Waals surface area contributed by atoms with Crippen molar-refractivity contribution >= 4 is 5.91 Å². The number of amides is 1. The van der Waals surface area contributed by atoms with Crippen molar-refractivity contribution in [2.75, 3.05) is 13.2 Å². The summed E-state index contributed by atoms with van der Waals surface area (Å²) in [4.78, 5) is 24.8. The van der Waals surface area contributed by atoms with Crippen LogP contribution in [0.1, 0.15) is 13.0 Å². The number of rotatable bonds is 8. The average molecular weight is 449 g/mol. The Balaban J connectivity index is 1.32. The molecule has 4 rings (SSSR count). The maximum Gasteiger partial charge on any atom is 0.267 e. The van der Waals surface area contributed by atoms with Crippen LogP contribution >= 0.6 is 0 Å². The molecular formula is C23H20FN5O4. The van der Waals surface area contributed by atoms with E-state index in [2.05, 4.69) is 20.6 Å². The van der Waals surface area contributed by atoms with Gasteiger partial charge in [0.15, 0.2) is 5.76 Å². The molecule has 1 unspecified atom stereocenters. The summed E-state index contributed by atoms with van der Waals surface area (Å²) in [5.74, 6) is 0.130. The van der Waals surface area contributed by atoms with Crippen molar-refractivity contribution < 1.29 is 18.3 Å². The van der Waals surface area contributed by atoms with Gasteiger partial charge in [-0.25, -0.2) is 9.07 Å². The van der Waals surface area contributed by atoms with Crippen LogP contribution in [0.5, 0.6) is 5.88 Å². The number of ether oxygens (including phenoxy) is 1. The Morgan fingerprint density at radius 2 is 1.88 bits per heavy atom. The fraction of sp³-hybridized carbons (Fsp3) is 0.174. The zero-order chi connectivity index (χ0) is 23.2. The summed E-state index contributed by atoms with van der Waals surface area (Å²) in [7, 11) is 0. The molecule has 0 spiro atoms. The fourth-order valence-corrected chi connectivity index (χ4v) is 3.02. The molecular weight excluding hydrogens is 429 g/mol. The molecule has 0 aliphatic rings. The molecule has 1 atom stereocenters. The third-order valence-corrected chi connectivity index (χ3v) is 4.78. The number of furan rings is 1. The smallest absolute Gasteiger partial charge is 0.267 e. The summed E-state index contributed by atoms with van der Waals surface area (Å²) in [5.41, 5.74) is 1.24. The van der Waals surface area contributed by atoms with E-state index in [0.717, 1.165) is 4.68 Å². The molecule has 0 aliphatic carbocycles. The first-order chi connectivity index (χ1) is 16.0. The number of hydrogen-bond donors (Lipinski definition) is 1. The lowest BCUT2D eigenvalue weighted by atomic mass is 10.1. The van der Waals surface area contributed by atoms with Crippen LogP contribution in [0.15, 0.2) is 76.1 Å². The van der Waals surface area contributed by atoms with Crippen molar-refractivity contribution in [3.8, 4) is 28.6 Å². The van der Waals surface area contributed by atoms with Crippen molar-refractivity contribution in [2.24, 2.45) is 0 Å². The van der Waals surface area contributed by atoms with Crippen molar-refractivity contribution in [2.45, 2.75) is 13.0 Å². The Morgan fingerprint density at radius 3 is 2.58 bits per heavy atom. The van der Waals surface area contributed by atoms with E-state index in [0.29, 0.717) is 28.6 Å².